The fourth-order valence-electron chi connectivity index (χ4n) is 3.37. The summed E-state index contributed by atoms with van der Waals surface area (Å²) in [6, 6.07) is 0.121. The molecule has 2 rings (SSSR count). The molecule has 2 amide bonds. The van der Waals surface area contributed by atoms with Gasteiger partial charge in [-0.1, -0.05) is 6.92 Å². The Labute approximate surface area is 134 Å². The Morgan fingerprint density at radius 1 is 1.35 bits per heavy atom. The first-order chi connectivity index (χ1) is 10.8. The molecule has 2 aliphatic rings. The van der Waals surface area contributed by atoms with Gasteiger partial charge in [0.15, 0.2) is 0 Å². The molecule has 1 N–H and O–H groups in total. The Balaban J connectivity index is 2.01. The lowest BCUT2D eigenvalue weighted by Crippen LogP contribution is -2.49. The predicted octanol–water partition coefficient (Wildman–Crippen LogP) is 1.39. The molecule has 1 atom stereocenters. The van der Waals surface area contributed by atoms with E-state index in [1.165, 1.54) is 0 Å². The minimum Gasteiger partial charge on any atom is -0.339 e. The highest BCUT2D eigenvalue weighted by Crippen LogP contribution is 2.26. The van der Waals surface area contributed by atoms with Crippen LogP contribution in [-0.4, -0.2) is 66.6 Å². The zero-order chi connectivity index (χ0) is 17.0. The monoisotopic (exact) mass is 335 g/mol. The Morgan fingerprint density at radius 3 is 2.57 bits per heavy atom. The van der Waals surface area contributed by atoms with Crippen LogP contribution in [0.3, 0.4) is 0 Å². The van der Waals surface area contributed by atoms with Crippen LogP contribution in [0.5, 0.6) is 0 Å². The number of carbonyl (C=O) groups is 2. The molecule has 0 radical (unpaired) electrons. The molecule has 132 valence electrons. The standard InChI is InChI=1S/C15H24F3N3O2/c1-2-7-21(12-3-5-19-6-4-12)14(23)11-8-13(22)20(9-11)10-15(16,17)18/h11-12,19H,2-10H2,1H3. The van der Waals surface area contributed by atoms with E-state index in [4.69, 9.17) is 0 Å². The molecular formula is C15H24F3N3O2. The van der Waals surface area contributed by atoms with Gasteiger partial charge in [0.05, 0.1) is 5.92 Å². The highest BCUT2D eigenvalue weighted by Gasteiger charge is 2.42. The maximum Gasteiger partial charge on any atom is 0.406 e. The van der Waals surface area contributed by atoms with Gasteiger partial charge in [-0.05, 0) is 32.4 Å². The van der Waals surface area contributed by atoms with Crippen molar-refractivity contribution in [2.24, 2.45) is 5.92 Å². The summed E-state index contributed by atoms with van der Waals surface area (Å²) in [5.41, 5.74) is 0. The molecule has 2 fully saturated rings. The molecule has 23 heavy (non-hydrogen) atoms. The molecule has 5 nitrogen and oxygen atoms in total. The normalized spacial score (nSPS) is 23.4. The van der Waals surface area contributed by atoms with Gasteiger partial charge in [-0.3, -0.25) is 9.59 Å². The van der Waals surface area contributed by atoms with Crippen molar-refractivity contribution < 1.29 is 22.8 Å². The molecule has 0 bridgehead atoms. The fourth-order valence-corrected chi connectivity index (χ4v) is 3.37. The van der Waals surface area contributed by atoms with Crippen LogP contribution in [-0.2, 0) is 9.59 Å². The van der Waals surface area contributed by atoms with E-state index in [0.29, 0.717) is 6.54 Å². The Hall–Kier alpha value is -1.31. The van der Waals surface area contributed by atoms with E-state index in [9.17, 15) is 22.8 Å². The van der Waals surface area contributed by atoms with Crippen molar-refractivity contribution in [3.8, 4) is 0 Å². The van der Waals surface area contributed by atoms with Gasteiger partial charge in [-0.15, -0.1) is 0 Å². The van der Waals surface area contributed by atoms with Crippen molar-refractivity contribution in [1.29, 1.82) is 0 Å². The predicted molar refractivity (Wildman–Crippen MR) is 78.6 cm³/mol. The van der Waals surface area contributed by atoms with E-state index in [1.54, 1.807) is 4.90 Å². The van der Waals surface area contributed by atoms with Crippen LogP contribution in [0.1, 0.15) is 32.6 Å². The molecule has 2 saturated heterocycles. The molecule has 8 heteroatoms. The van der Waals surface area contributed by atoms with Gasteiger partial charge in [-0.25, -0.2) is 0 Å². The van der Waals surface area contributed by atoms with Gasteiger partial charge in [0.1, 0.15) is 6.54 Å². The van der Waals surface area contributed by atoms with Crippen LogP contribution in [0.2, 0.25) is 0 Å². The highest BCUT2D eigenvalue weighted by molar-refractivity contribution is 5.89. The molecule has 0 spiro atoms. The van der Waals surface area contributed by atoms with Crippen molar-refractivity contribution >= 4 is 11.8 Å². The van der Waals surface area contributed by atoms with Crippen LogP contribution < -0.4 is 5.32 Å². The number of amides is 2. The second-order valence-corrected chi connectivity index (χ2v) is 6.30. The van der Waals surface area contributed by atoms with Gasteiger partial charge in [0.25, 0.3) is 0 Å². The van der Waals surface area contributed by atoms with E-state index >= 15 is 0 Å². The molecule has 0 aliphatic carbocycles. The summed E-state index contributed by atoms with van der Waals surface area (Å²) < 4.78 is 37.4. The Bertz CT molecular complexity index is 436. The minimum atomic E-state index is -4.42. The van der Waals surface area contributed by atoms with E-state index in [0.717, 1.165) is 37.3 Å². The number of likely N-dealkylation sites (tertiary alicyclic amines) is 1. The SMILES string of the molecule is CCCN(C(=O)C1CC(=O)N(CC(F)(F)F)C1)C1CCNCC1. The fraction of sp³-hybridized carbons (Fsp3) is 0.867. The number of carbonyl (C=O) groups excluding carboxylic acids is 2. The van der Waals surface area contributed by atoms with Crippen molar-refractivity contribution in [3.63, 3.8) is 0 Å². The molecule has 2 aliphatic heterocycles. The highest BCUT2D eigenvalue weighted by atomic mass is 19.4. The van der Waals surface area contributed by atoms with Crippen molar-refractivity contribution in [1.82, 2.24) is 15.1 Å². The number of piperidine rings is 1. The maximum absolute atomic E-state index is 12.7. The number of nitrogens with one attached hydrogen (secondary N) is 1. The van der Waals surface area contributed by atoms with Crippen molar-refractivity contribution in [3.05, 3.63) is 0 Å². The minimum absolute atomic E-state index is 0.111. The lowest BCUT2D eigenvalue weighted by Gasteiger charge is -2.36. The Kier molecular flexibility index (Phi) is 5.89. The number of hydrogen-bond donors (Lipinski definition) is 1. The quantitative estimate of drug-likeness (QED) is 0.826. The summed E-state index contributed by atoms with van der Waals surface area (Å²) in [6.07, 6.45) is -2.05. The van der Waals surface area contributed by atoms with E-state index in [1.807, 2.05) is 6.92 Å². The van der Waals surface area contributed by atoms with Gasteiger partial charge in [0, 0.05) is 25.6 Å². The first-order valence-electron chi connectivity index (χ1n) is 8.17. The maximum atomic E-state index is 12.7. The van der Waals surface area contributed by atoms with Gasteiger partial charge < -0.3 is 15.1 Å². The van der Waals surface area contributed by atoms with Crippen LogP contribution in [0.25, 0.3) is 0 Å². The van der Waals surface area contributed by atoms with Gasteiger partial charge >= 0.3 is 6.18 Å². The second kappa shape index (κ2) is 7.51. The third kappa shape index (κ3) is 4.83. The number of alkyl halides is 3. The zero-order valence-electron chi connectivity index (χ0n) is 13.4. The number of hydrogen-bond acceptors (Lipinski definition) is 3. The van der Waals surface area contributed by atoms with E-state index in [2.05, 4.69) is 5.32 Å². The smallest absolute Gasteiger partial charge is 0.339 e. The van der Waals surface area contributed by atoms with Crippen LogP contribution in [0.4, 0.5) is 13.2 Å². The zero-order valence-corrected chi connectivity index (χ0v) is 13.4. The molecule has 1 unspecified atom stereocenters. The first-order valence-corrected chi connectivity index (χ1v) is 8.17. The van der Waals surface area contributed by atoms with Gasteiger partial charge in [-0.2, -0.15) is 13.2 Å². The lowest BCUT2D eigenvalue weighted by atomic mass is 10.0. The lowest BCUT2D eigenvalue weighted by molar-refractivity contribution is -0.157. The van der Waals surface area contributed by atoms with E-state index in [-0.39, 0.29) is 24.9 Å². The van der Waals surface area contributed by atoms with Gasteiger partial charge in [0.2, 0.25) is 11.8 Å². The third-order valence-electron chi connectivity index (χ3n) is 4.43. The van der Waals surface area contributed by atoms with E-state index < -0.39 is 24.5 Å². The van der Waals surface area contributed by atoms with Crippen molar-refractivity contribution in [2.45, 2.75) is 44.8 Å². The molecule has 0 saturated carbocycles. The summed E-state index contributed by atoms with van der Waals surface area (Å²) in [7, 11) is 0. The molecule has 0 aromatic carbocycles. The van der Waals surface area contributed by atoms with Crippen LogP contribution >= 0.6 is 0 Å². The second-order valence-electron chi connectivity index (χ2n) is 6.30. The summed E-state index contributed by atoms with van der Waals surface area (Å²) in [4.78, 5) is 27.1. The number of rotatable bonds is 5. The topological polar surface area (TPSA) is 52.7 Å². The number of nitrogens with zero attached hydrogens (tertiary/aromatic N) is 2. The van der Waals surface area contributed by atoms with Crippen molar-refractivity contribution in [2.75, 3.05) is 32.7 Å². The third-order valence-corrected chi connectivity index (χ3v) is 4.43. The first kappa shape index (κ1) is 18.0. The summed E-state index contributed by atoms with van der Waals surface area (Å²) in [5, 5.41) is 3.23. The molecule has 2 heterocycles. The number of halogens is 3. The largest absolute Gasteiger partial charge is 0.406 e. The summed E-state index contributed by atoms with van der Waals surface area (Å²) >= 11 is 0. The molecule has 0 aromatic heterocycles. The average molecular weight is 335 g/mol. The molecule has 0 aromatic rings. The summed E-state index contributed by atoms with van der Waals surface area (Å²) in [5.74, 6) is -1.40. The van der Waals surface area contributed by atoms with Crippen LogP contribution in [0.15, 0.2) is 0 Å². The van der Waals surface area contributed by atoms with Crippen LogP contribution in [0, 0.1) is 5.92 Å². The summed E-state index contributed by atoms with van der Waals surface area (Å²) in [6.45, 7) is 2.84. The molecular weight excluding hydrogens is 311 g/mol. The Morgan fingerprint density at radius 2 is 2.00 bits per heavy atom. The average Bonchev–Trinajstić information content (AvgIpc) is 2.84.